The number of imide groups is 1. The first kappa shape index (κ1) is 19.0. The number of hydrogen-bond acceptors (Lipinski definition) is 5. The van der Waals surface area contributed by atoms with Gasteiger partial charge in [0.1, 0.15) is 12.1 Å². The highest BCUT2D eigenvalue weighted by Gasteiger charge is 2.50. The van der Waals surface area contributed by atoms with Gasteiger partial charge in [0, 0.05) is 5.56 Å². The van der Waals surface area contributed by atoms with Crippen molar-refractivity contribution in [3.8, 4) is 11.4 Å². The molecule has 1 aliphatic rings. The average molecular weight is 412 g/mol. The maximum Gasteiger partial charge on any atom is 0.325 e. The van der Waals surface area contributed by atoms with Gasteiger partial charge in [-0.25, -0.2) is 4.79 Å². The van der Waals surface area contributed by atoms with Gasteiger partial charge in [-0.15, -0.1) is 0 Å². The van der Waals surface area contributed by atoms with Gasteiger partial charge in [0.2, 0.25) is 11.7 Å². The zero-order chi connectivity index (χ0) is 21.6. The highest BCUT2D eigenvalue weighted by Crippen LogP contribution is 2.34. The molecule has 0 radical (unpaired) electrons. The van der Waals surface area contributed by atoms with Crippen molar-refractivity contribution in [2.24, 2.45) is 0 Å². The molecule has 3 amide bonds. The summed E-state index contributed by atoms with van der Waals surface area (Å²) in [5.74, 6) is 0.269. The van der Waals surface area contributed by atoms with Crippen molar-refractivity contribution in [1.29, 1.82) is 0 Å². The maximum atomic E-state index is 13.4. The van der Waals surface area contributed by atoms with Crippen LogP contribution in [0.25, 0.3) is 22.2 Å². The Labute approximate surface area is 178 Å². The third kappa shape index (κ3) is 3.06. The van der Waals surface area contributed by atoms with Crippen molar-refractivity contribution in [2.75, 3.05) is 0 Å². The Hall–Kier alpha value is -4.00. The van der Waals surface area contributed by atoms with Crippen molar-refractivity contribution in [3.05, 3.63) is 83.7 Å². The number of aromatic nitrogens is 2. The fourth-order valence-electron chi connectivity index (χ4n) is 4.07. The van der Waals surface area contributed by atoms with E-state index in [4.69, 9.17) is 4.52 Å². The van der Waals surface area contributed by atoms with Crippen LogP contribution in [0.2, 0.25) is 0 Å². The smallest absolute Gasteiger partial charge is 0.325 e. The highest BCUT2D eigenvalue weighted by atomic mass is 16.5. The summed E-state index contributed by atoms with van der Waals surface area (Å²) in [5.41, 5.74) is 1.41. The average Bonchev–Trinajstić information content (AvgIpc) is 3.32. The molecule has 1 saturated heterocycles. The molecule has 4 aromatic rings. The van der Waals surface area contributed by atoms with Gasteiger partial charge in [0.05, 0.1) is 0 Å². The van der Waals surface area contributed by atoms with Crippen molar-refractivity contribution < 1.29 is 14.1 Å². The molecule has 7 heteroatoms. The number of amides is 3. The molecule has 2 heterocycles. The van der Waals surface area contributed by atoms with E-state index in [0.717, 1.165) is 32.4 Å². The summed E-state index contributed by atoms with van der Waals surface area (Å²) in [7, 11) is 0. The van der Waals surface area contributed by atoms with Gasteiger partial charge in [-0.2, -0.15) is 4.98 Å². The second-order valence-electron chi connectivity index (χ2n) is 7.80. The van der Waals surface area contributed by atoms with Crippen LogP contribution in [0.15, 0.2) is 71.3 Å². The molecule has 5 rings (SSSR count). The van der Waals surface area contributed by atoms with E-state index in [9.17, 15) is 9.59 Å². The van der Waals surface area contributed by atoms with E-state index in [-0.39, 0.29) is 18.3 Å². The number of benzene rings is 3. The number of carbonyl (C=O) groups excluding carboxylic acids is 2. The highest BCUT2D eigenvalue weighted by molar-refractivity contribution is 6.09. The Morgan fingerprint density at radius 3 is 2.58 bits per heavy atom. The molecule has 3 aromatic carbocycles. The maximum absolute atomic E-state index is 13.4. The van der Waals surface area contributed by atoms with Gasteiger partial charge in [-0.05, 0) is 35.7 Å². The molecule has 31 heavy (non-hydrogen) atoms. The van der Waals surface area contributed by atoms with E-state index in [0.29, 0.717) is 5.82 Å². The molecule has 154 valence electrons. The molecule has 1 N–H and O–H groups in total. The van der Waals surface area contributed by atoms with Gasteiger partial charge in [0.25, 0.3) is 5.91 Å². The Morgan fingerprint density at radius 2 is 1.74 bits per heavy atom. The SMILES string of the molecule is Cc1ccccc1-c1noc(CN2C(=O)N[C@@](C)(c3cccc4ccccc34)C2=O)n1. The van der Waals surface area contributed by atoms with Crippen molar-refractivity contribution in [1.82, 2.24) is 20.4 Å². The summed E-state index contributed by atoms with van der Waals surface area (Å²) in [6.07, 6.45) is 0. The van der Waals surface area contributed by atoms with E-state index in [1.165, 1.54) is 0 Å². The minimum absolute atomic E-state index is 0.0933. The van der Waals surface area contributed by atoms with E-state index < -0.39 is 11.6 Å². The number of rotatable bonds is 4. The van der Waals surface area contributed by atoms with Crippen LogP contribution in [-0.4, -0.2) is 27.0 Å². The van der Waals surface area contributed by atoms with Crippen LogP contribution in [0, 0.1) is 6.92 Å². The van der Waals surface area contributed by atoms with Gasteiger partial charge in [-0.1, -0.05) is 71.9 Å². The number of urea groups is 1. The molecule has 0 spiro atoms. The third-order valence-electron chi connectivity index (χ3n) is 5.75. The first-order chi connectivity index (χ1) is 15.0. The molecule has 1 fully saturated rings. The lowest BCUT2D eigenvalue weighted by atomic mass is 9.88. The normalized spacial score (nSPS) is 18.6. The van der Waals surface area contributed by atoms with Crippen LogP contribution in [-0.2, 0) is 16.9 Å². The zero-order valence-electron chi connectivity index (χ0n) is 17.1. The van der Waals surface area contributed by atoms with Crippen LogP contribution in [0.1, 0.15) is 23.9 Å². The standard InChI is InChI=1S/C24H20N4O3/c1-15-8-3-5-11-17(15)21-25-20(31-27-21)14-28-22(29)24(2,26-23(28)30)19-13-7-10-16-9-4-6-12-18(16)19/h3-13H,14H2,1-2H3,(H,26,30)/t24-/m0/s1. The van der Waals surface area contributed by atoms with E-state index in [1.807, 2.05) is 73.7 Å². The Bertz CT molecular complexity index is 1320. The lowest BCUT2D eigenvalue weighted by Crippen LogP contribution is -2.41. The Morgan fingerprint density at radius 1 is 1.00 bits per heavy atom. The largest absolute Gasteiger partial charge is 0.337 e. The topological polar surface area (TPSA) is 88.3 Å². The molecule has 0 saturated carbocycles. The molecule has 0 bridgehead atoms. The first-order valence-corrected chi connectivity index (χ1v) is 9.98. The van der Waals surface area contributed by atoms with E-state index in [1.54, 1.807) is 6.92 Å². The fourth-order valence-corrected chi connectivity index (χ4v) is 4.07. The summed E-state index contributed by atoms with van der Waals surface area (Å²) in [6.45, 7) is 3.59. The Balaban J connectivity index is 1.45. The van der Waals surface area contributed by atoms with E-state index in [2.05, 4.69) is 15.5 Å². The second kappa shape index (κ2) is 7.05. The molecular formula is C24H20N4O3. The summed E-state index contributed by atoms with van der Waals surface area (Å²) >= 11 is 0. The molecule has 7 nitrogen and oxygen atoms in total. The van der Waals surface area contributed by atoms with Crippen molar-refractivity contribution >= 4 is 22.7 Å². The first-order valence-electron chi connectivity index (χ1n) is 9.98. The van der Waals surface area contributed by atoms with Gasteiger partial charge in [0.15, 0.2) is 0 Å². The van der Waals surface area contributed by atoms with E-state index >= 15 is 0 Å². The van der Waals surface area contributed by atoms with Gasteiger partial charge in [-0.3, -0.25) is 9.69 Å². The molecule has 0 unspecified atom stereocenters. The van der Waals surface area contributed by atoms with Crippen LogP contribution in [0.3, 0.4) is 0 Å². The molecule has 1 aromatic heterocycles. The lowest BCUT2D eigenvalue weighted by molar-refractivity contribution is -0.131. The molecule has 1 aliphatic heterocycles. The van der Waals surface area contributed by atoms with Gasteiger partial charge < -0.3 is 9.84 Å². The number of nitrogens with zero attached hydrogens (tertiary/aromatic N) is 3. The minimum Gasteiger partial charge on any atom is -0.337 e. The number of carbonyl (C=O) groups is 2. The monoisotopic (exact) mass is 412 g/mol. The number of nitrogens with one attached hydrogen (secondary N) is 1. The minimum atomic E-state index is -1.18. The Kier molecular flexibility index (Phi) is 4.32. The number of hydrogen-bond donors (Lipinski definition) is 1. The molecule has 1 atom stereocenters. The number of aryl methyl sites for hydroxylation is 1. The predicted octanol–water partition coefficient (Wildman–Crippen LogP) is 4.17. The van der Waals surface area contributed by atoms with Gasteiger partial charge >= 0.3 is 6.03 Å². The molecular weight excluding hydrogens is 392 g/mol. The predicted molar refractivity (Wildman–Crippen MR) is 115 cm³/mol. The van der Waals surface area contributed by atoms with Crippen LogP contribution in [0.4, 0.5) is 4.79 Å². The summed E-state index contributed by atoms with van der Waals surface area (Å²) in [6, 6.07) is 20.7. The van der Waals surface area contributed by atoms with Crippen LogP contribution in [0.5, 0.6) is 0 Å². The fraction of sp³-hybridized carbons (Fsp3) is 0.167. The lowest BCUT2D eigenvalue weighted by Gasteiger charge is -2.23. The summed E-state index contributed by atoms with van der Waals surface area (Å²) in [4.78, 5) is 31.6. The second-order valence-corrected chi connectivity index (χ2v) is 7.80. The summed E-state index contributed by atoms with van der Waals surface area (Å²) in [5, 5.41) is 8.79. The zero-order valence-corrected chi connectivity index (χ0v) is 17.1. The molecule has 0 aliphatic carbocycles. The van der Waals surface area contributed by atoms with Crippen molar-refractivity contribution in [3.63, 3.8) is 0 Å². The van der Waals surface area contributed by atoms with Crippen LogP contribution < -0.4 is 5.32 Å². The number of fused-ring (bicyclic) bond motifs is 1. The quantitative estimate of drug-likeness (QED) is 0.509. The van der Waals surface area contributed by atoms with Crippen LogP contribution >= 0.6 is 0 Å². The summed E-state index contributed by atoms with van der Waals surface area (Å²) < 4.78 is 5.34. The third-order valence-corrected chi connectivity index (χ3v) is 5.75. The van der Waals surface area contributed by atoms with Crippen molar-refractivity contribution in [2.45, 2.75) is 25.9 Å².